The number of rotatable bonds is 4. The van der Waals surface area contributed by atoms with Gasteiger partial charge in [-0.25, -0.2) is 0 Å². The molecule has 1 fully saturated rings. The summed E-state index contributed by atoms with van der Waals surface area (Å²) in [6.45, 7) is -0.732. The maximum atomic E-state index is 9.59. The number of hydrogen-bond acceptors (Lipinski definition) is 8. The molecule has 0 aromatic rings. The highest BCUT2D eigenvalue weighted by atomic mass is 16.7. The van der Waals surface area contributed by atoms with Crippen molar-refractivity contribution in [3.63, 3.8) is 0 Å². The third-order valence-corrected chi connectivity index (χ3v) is 2.76. The van der Waals surface area contributed by atoms with Crippen LogP contribution in [0.3, 0.4) is 0 Å². The summed E-state index contributed by atoms with van der Waals surface area (Å²) in [4.78, 5) is 0. The van der Waals surface area contributed by atoms with E-state index in [0.717, 1.165) is 0 Å². The minimum Gasteiger partial charge on any atom is -0.394 e. The van der Waals surface area contributed by atoms with E-state index in [4.69, 9.17) is 14.6 Å². The second kappa shape index (κ2) is 6.03. The topological polar surface area (TPSA) is 140 Å². The molecule has 0 aromatic carbocycles. The SMILES string of the molecule is COC1O[C@H]([C@H](O)[C@H](O)CO)[C@@H](O)[C@@H](O)[C@H]1O. The molecule has 1 unspecified atom stereocenters. The first-order chi connectivity index (χ1) is 7.93. The molecule has 0 bridgehead atoms. The van der Waals surface area contributed by atoms with Crippen molar-refractivity contribution in [2.45, 2.75) is 42.9 Å². The molecule has 8 nitrogen and oxygen atoms in total. The molecule has 17 heavy (non-hydrogen) atoms. The van der Waals surface area contributed by atoms with Gasteiger partial charge in [-0.1, -0.05) is 0 Å². The molecule has 1 rings (SSSR count). The van der Waals surface area contributed by atoms with Crippen LogP contribution >= 0.6 is 0 Å². The van der Waals surface area contributed by atoms with E-state index in [2.05, 4.69) is 0 Å². The van der Waals surface area contributed by atoms with Crippen molar-refractivity contribution < 1.29 is 40.1 Å². The van der Waals surface area contributed by atoms with Crippen molar-refractivity contribution in [3.05, 3.63) is 0 Å². The first-order valence-corrected chi connectivity index (χ1v) is 5.13. The van der Waals surface area contributed by atoms with Crippen LogP contribution in [0.2, 0.25) is 0 Å². The Morgan fingerprint density at radius 2 is 1.71 bits per heavy atom. The Labute approximate surface area is 97.6 Å². The summed E-state index contributed by atoms with van der Waals surface area (Å²) >= 11 is 0. The third-order valence-electron chi connectivity index (χ3n) is 2.76. The summed E-state index contributed by atoms with van der Waals surface area (Å²) in [6.07, 6.45) is -10.4. The lowest BCUT2D eigenvalue weighted by Crippen LogP contribution is -2.62. The van der Waals surface area contributed by atoms with Gasteiger partial charge in [0.25, 0.3) is 0 Å². The van der Waals surface area contributed by atoms with E-state index < -0.39 is 49.5 Å². The number of ether oxygens (including phenoxy) is 2. The molecule has 0 radical (unpaired) electrons. The second-order valence-corrected chi connectivity index (χ2v) is 3.92. The lowest BCUT2D eigenvalue weighted by Gasteiger charge is -2.42. The lowest BCUT2D eigenvalue weighted by atomic mass is 9.93. The zero-order valence-corrected chi connectivity index (χ0v) is 9.25. The minimum absolute atomic E-state index is 0.732. The Kier molecular flexibility index (Phi) is 5.22. The van der Waals surface area contributed by atoms with Crippen molar-refractivity contribution in [1.29, 1.82) is 0 Å². The fourth-order valence-corrected chi connectivity index (χ4v) is 1.68. The van der Waals surface area contributed by atoms with Crippen molar-refractivity contribution in [2.75, 3.05) is 13.7 Å². The first-order valence-electron chi connectivity index (χ1n) is 5.13. The van der Waals surface area contributed by atoms with E-state index in [-0.39, 0.29) is 0 Å². The van der Waals surface area contributed by atoms with Crippen LogP contribution in [0.1, 0.15) is 0 Å². The highest BCUT2D eigenvalue weighted by molar-refractivity contribution is 4.94. The van der Waals surface area contributed by atoms with Crippen molar-refractivity contribution in [3.8, 4) is 0 Å². The predicted octanol–water partition coefficient (Wildman–Crippen LogP) is -3.85. The minimum atomic E-state index is -1.62. The Morgan fingerprint density at radius 3 is 2.18 bits per heavy atom. The van der Waals surface area contributed by atoms with Gasteiger partial charge in [0.05, 0.1) is 6.61 Å². The van der Waals surface area contributed by atoms with Crippen LogP contribution < -0.4 is 0 Å². The Balaban J connectivity index is 2.78. The van der Waals surface area contributed by atoms with Gasteiger partial charge in [0, 0.05) is 7.11 Å². The predicted molar refractivity (Wildman–Crippen MR) is 52.8 cm³/mol. The van der Waals surface area contributed by atoms with Crippen LogP contribution in [0.15, 0.2) is 0 Å². The molecule has 0 aromatic heterocycles. The van der Waals surface area contributed by atoms with Gasteiger partial charge in [0.15, 0.2) is 6.29 Å². The van der Waals surface area contributed by atoms with Gasteiger partial charge in [0.1, 0.15) is 36.6 Å². The van der Waals surface area contributed by atoms with Gasteiger partial charge in [-0.2, -0.15) is 0 Å². The molecule has 1 aliphatic heterocycles. The van der Waals surface area contributed by atoms with Gasteiger partial charge in [-0.05, 0) is 0 Å². The normalized spacial score (nSPS) is 42.2. The lowest BCUT2D eigenvalue weighted by molar-refractivity contribution is -0.309. The molecule has 6 N–H and O–H groups in total. The molecular formula is C9H18O8. The molecule has 0 aliphatic carbocycles. The molecule has 7 atom stereocenters. The average Bonchev–Trinajstić information content (AvgIpc) is 2.34. The second-order valence-electron chi connectivity index (χ2n) is 3.92. The molecule has 102 valence electrons. The fourth-order valence-electron chi connectivity index (χ4n) is 1.68. The van der Waals surface area contributed by atoms with Crippen LogP contribution in [0, 0.1) is 0 Å². The Morgan fingerprint density at radius 1 is 1.12 bits per heavy atom. The summed E-state index contributed by atoms with van der Waals surface area (Å²) in [5, 5.41) is 56.0. The smallest absolute Gasteiger partial charge is 0.186 e. The maximum Gasteiger partial charge on any atom is 0.186 e. The molecule has 0 amide bonds. The highest BCUT2D eigenvalue weighted by Crippen LogP contribution is 2.24. The monoisotopic (exact) mass is 254 g/mol. The largest absolute Gasteiger partial charge is 0.394 e. The van der Waals surface area contributed by atoms with E-state index in [1.54, 1.807) is 0 Å². The summed E-state index contributed by atoms with van der Waals surface area (Å²) in [5.41, 5.74) is 0. The summed E-state index contributed by atoms with van der Waals surface area (Å²) in [7, 11) is 1.21. The molecule has 8 heteroatoms. The third kappa shape index (κ3) is 2.92. The van der Waals surface area contributed by atoms with E-state index >= 15 is 0 Å². The summed E-state index contributed by atoms with van der Waals surface area (Å²) in [6, 6.07) is 0. The van der Waals surface area contributed by atoms with E-state index in [1.807, 2.05) is 0 Å². The maximum absolute atomic E-state index is 9.59. The Bertz CT molecular complexity index is 231. The molecule has 0 spiro atoms. The van der Waals surface area contributed by atoms with Gasteiger partial charge in [-0.15, -0.1) is 0 Å². The van der Waals surface area contributed by atoms with Crippen LogP contribution in [0.5, 0.6) is 0 Å². The standard InChI is InChI=1S/C9H18O8/c1-16-9-7(15)5(13)6(14)8(17-9)4(12)3(11)2-10/h3-15H,2H2,1H3/t3-,4-,5-,6+,7-,8-,9?/m1/s1. The highest BCUT2D eigenvalue weighted by Gasteiger charge is 2.47. The number of methoxy groups -OCH3 is 1. The number of hydrogen-bond donors (Lipinski definition) is 6. The van der Waals surface area contributed by atoms with Crippen LogP contribution in [0.4, 0.5) is 0 Å². The van der Waals surface area contributed by atoms with E-state index in [0.29, 0.717) is 0 Å². The van der Waals surface area contributed by atoms with Crippen molar-refractivity contribution >= 4 is 0 Å². The number of aliphatic hydroxyl groups excluding tert-OH is 6. The molecule has 0 saturated carbocycles. The molecule has 1 aliphatic rings. The average molecular weight is 254 g/mol. The van der Waals surface area contributed by atoms with Crippen LogP contribution in [-0.4, -0.2) is 87.3 Å². The van der Waals surface area contributed by atoms with Gasteiger partial charge >= 0.3 is 0 Å². The van der Waals surface area contributed by atoms with Gasteiger partial charge in [0.2, 0.25) is 0 Å². The van der Waals surface area contributed by atoms with Gasteiger partial charge < -0.3 is 40.1 Å². The van der Waals surface area contributed by atoms with Gasteiger partial charge in [-0.3, -0.25) is 0 Å². The molecule has 1 saturated heterocycles. The molecule has 1 heterocycles. The van der Waals surface area contributed by atoms with E-state index in [9.17, 15) is 25.5 Å². The van der Waals surface area contributed by atoms with Crippen molar-refractivity contribution in [2.24, 2.45) is 0 Å². The first kappa shape index (κ1) is 14.7. The summed E-state index contributed by atoms with van der Waals surface area (Å²) < 4.78 is 9.73. The van der Waals surface area contributed by atoms with E-state index in [1.165, 1.54) is 7.11 Å². The fraction of sp³-hybridized carbons (Fsp3) is 1.00. The quantitative estimate of drug-likeness (QED) is 0.300. The molecular weight excluding hydrogens is 236 g/mol. The zero-order chi connectivity index (χ0) is 13.2. The number of aliphatic hydroxyl groups is 6. The Hall–Kier alpha value is -0.320. The zero-order valence-electron chi connectivity index (χ0n) is 9.25. The van der Waals surface area contributed by atoms with Crippen LogP contribution in [-0.2, 0) is 9.47 Å². The summed E-state index contributed by atoms with van der Waals surface area (Å²) in [5.74, 6) is 0. The van der Waals surface area contributed by atoms with Crippen LogP contribution in [0.25, 0.3) is 0 Å². The van der Waals surface area contributed by atoms with Crippen molar-refractivity contribution in [1.82, 2.24) is 0 Å².